The number of piperidine rings is 1. The van der Waals surface area contributed by atoms with Crippen molar-refractivity contribution >= 4 is 11.9 Å². The van der Waals surface area contributed by atoms with E-state index in [1.54, 1.807) is 0 Å². The van der Waals surface area contributed by atoms with E-state index < -0.39 is 17.4 Å². The van der Waals surface area contributed by atoms with Gasteiger partial charge in [-0.15, -0.1) is 0 Å². The quantitative estimate of drug-likeness (QED) is 0.713. The Bertz CT molecular complexity index is 381. The Kier molecular flexibility index (Phi) is 3.60. The molecule has 1 spiro atoms. The Morgan fingerprint density at radius 3 is 2.37 bits per heavy atom. The summed E-state index contributed by atoms with van der Waals surface area (Å²) >= 11 is 0. The second-order valence-electron chi connectivity index (χ2n) is 7.01. The highest BCUT2D eigenvalue weighted by atomic mass is 16.4. The second kappa shape index (κ2) is 4.78. The van der Waals surface area contributed by atoms with Crippen molar-refractivity contribution in [2.24, 2.45) is 16.7 Å². The van der Waals surface area contributed by atoms with Crippen LogP contribution in [0.4, 0.5) is 0 Å². The van der Waals surface area contributed by atoms with Gasteiger partial charge < -0.3 is 15.7 Å². The van der Waals surface area contributed by atoms with Crippen molar-refractivity contribution in [2.75, 3.05) is 13.1 Å². The number of carbonyl (C=O) groups excluding carboxylic acids is 1. The molecule has 1 aliphatic carbocycles. The third-order valence-corrected chi connectivity index (χ3v) is 4.51. The average molecular weight is 268 g/mol. The van der Waals surface area contributed by atoms with Crippen molar-refractivity contribution in [2.45, 2.75) is 46.1 Å². The summed E-state index contributed by atoms with van der Waals surface area (Å²) in [6.45, 7) is 7.43. The Morgan fingerprint density at radius 1 is 1.32 bits per heavy atom. The fourth-order valence-corrected chi connectivity index (χ4v) is 3.09. The van der Waals surface area contributed by atoms with Crippen LogP contribution in [0.15, 0.2) is 0 Å². The molecule has 5 heteroatoms. The summed E-state index contributed by atoms with van der Waals surface area (Å²) < 4.78 is 0. The highest BCUT2D eigenvalue weighted by molar-refractivity contribution is 5.87. The maximum atomic E-state index is 12.2. The van der Waals surface area contributed by atoms with Crippen molar-refractivity contribution < 1.29 is 14.7 Å². The molecule has 2 aliphatic rings. The summed E-state index contributed by atoms with van der Waals surface area (Å²) in [6.07, 6.45) is 2.97. The third-order valence-electron chi connectivity index (χ3n) is 4.51. The van der Waals surface area contributed by atoms with Crippen LogP contribution in [-0.4, -0.2) is 36.1 Å². The largest absolute Gasteiger partial charge is 0.480 e. The lowest BCUT2D eigenvalue weighted by Crippen LogP contribution is -2.50. The molecule has 0 aromatic carbocycles. The van der Waals surface area contributed by atoms with Gasteiger partial charge in [0.2, 0.25) is 5.91 Å². The molecule has 5 nitrogen and oxygen atoms in total. The fourth-order valence-electron chi connectivity index (χ4n) is 3.09. The Labute approximate surface area is 114 Å². The van der Waals surface area contributed by atoms with Crippen molar-refractivity contribution in [3.05, 3.63) is 0 Å². The number of aliphatic carboxylic acids is 1. The second-order valence-corrected chi connectivity index (χ2v) is 7.01. The summed E-state index contributed by atoms with van der Waals surface area (Å²) in [7, 11) is 0. The number of rotatable bonds is 3. The molecule has 0 bridgehead atoms. The van der Waals surface area contributed by atoms with Gasteiger partial charge in [0.15, 0.2) is 0 Å². The summed E-state index contributed by atoms with van der Waals surface area (Å²) in [5.74, 6) is -1.02. The number of carboxylic acid groups (broad SMARTS) is 1. The first-order chi connectivity index (χ1) is 8.76. The lowest BCUT2D eigenvalue weighted by Gasteiger charge is -2.29. The van der Waals surface area contributed by atoms with E-state index >= 15 is 0 Å². The molecule has 1 heterocycles. The van der Waals surface area contributed by atoms with Gasteiger partial charge in [-0.05, 0) is 43.2 Å². The SMILES string of the molecule is CC(C)(C)[C@H](NC(=O)C1CC12CCNCC2)C(=O)O. The van der Waals surface area contributed by atoms with E-state index in [2.05, 4.69) is 10.6 Å². The van der Waals surface area contributed by atoms with Gasteiger partial charge in [0.05, 0.1) is 0 Å². The minimum Gasteiger partial charge on any atom is -0.480 e. The summed E-state index contributed by atoms with van der Waals surface area (Å²) in [4.78, 5) is 23.5. The van der Waals surface area contributed by atoms with E-state index in [-0.39, 0.29) is 17.2 Å². The first-order valence-corrected chi connectivity index (χ1v) is 7.00. The summed E-state index contributed by atoms with van der Waals surface area (Å²) in [5.41, 5.74) is -0.325. The molecule has 1 saturated heterocycles. The van der Waals surface area contributed by atoms with E-state index in [4.69, 9.17) is 0 Å². The zero-order valence-corrected chi connectivity index (χ0v) is 12.0. The molecule has 1 aliphatic heterocycles. The zero-order valence-electron chi connectivity index (χ0n) is 12.0. The van der Waals surface area contributed by atoms with Crippen LogP contribution in [0, 0.1) is 16.7 Å². The molecule has 2 fully saturated rings. The van der Waals surface area contributed by atoms with E-state index in [0.717, 1.165) is 32.4 Å². The van der Waals surface area contributed by atoms with E-state index in [0.29, 0.717) is 0 Å². The van der Waals surface area contributed by atoms with E-state index in [1.165, 1.54) is 0 Å². The molecular formula is C14H24N2O3. The van der Waals surface area contributed by atoms with Gasteiger partial charge in [-0.2, -0.15) is 0 Å². The monoisotopic (exact) mass is 268 g/mol. The Hall–Kier alpha value is -1.10. The normalized spacial score (nSPS) is 26.8. The molecule has 0 aromatic heterocycles. The van der Waals surface area contributed by atoms with Crippen LogP contribution in [-0.2, 0) is 9.59 Å². The van der Waals surface area contributed by atoms with Gasteiger partial charge in [-0.25, -0.2) is 4.79 Å². The number of amides is 1. The standard InChI is InChI=1S/C14H24N2O3/c1-13(2,3)10(12(18)19)16-11(17)9-8-14(9)4-6-15-7-5-14/h9-10,15H,4-8H2,1-3H3,(H,16,17)(H,18,19)/t9?,10-/m1/s1. The molecule has 2 rings (SSSR count). The van der Waals surface area contributed by atoms with Gasteiger partial charge >= 0.3 is 5.97 Å². The van der Waals surface area contributed by atoms with Crippen LogP contribution in [0.25, 0.3) is 0 Å². The molecule has 0 aromatic rings. The number of hydrogen-bond donors (Lipinski definition) is 3. The minimum absolute atomic E-state index is 0.0128. The van der Waals surface area contributed by atoms with Gasteiger partial charge in [0, 0.05) is 5.92 Å². The van der Waals surface area contributed by atoms with Crippen LogP contribution in [0.1, 0.15) is 40.0 Å². The predicted molar refractivity (Wildman–Crippen MR) is 71.7 cm³/mol. The van der Waals surface area contributed by atoms with E-state index in [9.17, 15) is 14.7 Å². The summed E-state index contributed by atoms with van der Waals surface area (Å²) in [6, 6.07) is -0.820. The molecule has 19 heavy (non-hydrogen) atoms. The van der Waals surface area contributed by atoms with Crippen molar-refractivity contribution in [3.8, 4) is 0 Å². The van der Waals surface area contributed by atoms with Crippen LogP contribution >= 0.6 is 0 Å². The van der Waals surface area contributed by atoms with Gasteiger partial charge in [-0.1, -0.05) is 20.8 Å². The van der Waals surface area contributed by atoms with E-state index in [1.807, 2.05) is 20.8 Å². The van der Waals surface area contributed by atoms with Gasteiger partial charge in [0.25, 0.3) is 0 Å². The molecule has 108 valence electrons. The molecular weight excluding hydrogens is 244 g/mol. The zero-order chi connectivity index (χ0) is 14.3. The number of hydrogen-bond acceptors (Lipinski definition) is 3. The van der Waals surface area contributed by atoms with Crippen molar-refractivity contribution in [1.82, 2.24) is 10.6 Å². The highest BCUT2D eigenvalue weighted by Crippen LogP contribution is 2.58. The van der Waals surface area contributed by atoms with Crippen molar-refractivity contribution in [3.63, 3.8) is 0 Å². The van der Waals surface area contributed by atoms with Crippen molar-refractivity contribution in [1.29, 1.82) is 0 Å². The maximum absolute atomic E-state index is 12.2. The number of carboxylic acids is 1. The number of carbonyl (C=O) groups is 2. The number of nitrogens with one attached hydrogen (secondary N) is 2. The Balaban J connectivity index is 1.96. The smallest absolute Gasteiger partial charge is 0.326 e. The van der Waals surface area contributed by atoms with Crippen LogP contribution < -0.4 is 10.6 Å². The molecule has 3 N–H and O–H groups in total. The average Bonchev–Trinajstić information content (AvgIpc) is 2.98. The first-order valence-electron chi connectivity index (χ1n) is 7.00. The topological polar surface area (TPSA) is 78.4 Å². The highest BCUT2D eigenvalue weighted by Gasteiger charge is 2.58. The molecule has 1 saturated carbocycles. The molecule has 2 atom stereocenters. The Morgan fingerprint density at radius 2 is 1.89 bits per heavy atom. The maximum Gasteiger partial charge on any atom is 0.326 e. The molecule has 0 radical (unpaired) electrons. The fraction of sp³-hybridized carbons (Fsp3) is 0.857. The third kappa shape index (κ3) is 2.91. The van der Waals surface area contributed by atoms with Crippen LogP contribution in [0.2, 0.25) is 0 Å². The lowest BCUT2D eigenvalue weighted by molar-refractivity contribution is -0.145. The minimum atomic E-state index is -0.958. The molecule has 1 amide bonds. The molecule has 1 unspecified atom stereocenters. The van der Waals surface area contributed by atoms with Crippen LogP contribution in [0.3, 0.4) is 0 Å². The van der Waals surface area contributed by atoms with Gasteiger partial charge in [-0.3, -0.25) is 4.79 Å². The van der Waals surface area contributed by atoms with Crippen LogP contribution in [0.5, 0.6) is 0 Å². The lowest BCUT2D eigenvalue weighted by atomic mass is 9.86. The summed E-state index contributed by atoms with van der Waals surface area (Å²) in [5, 5.41) is 15.3. The van der Waals surface area contributed by atoms with Gasteiger partial charge in [0.1, 0.15) is 6.04 Å². The predicted octanol–water partition coefficient (Wildman–Crippen LogP) is 0.992. The first kappa shape index (κ1) is 14.3.